The van der Waals surface area contributed by atoms with Crippen molar-refractivity contribution in [3.63, 3.8) is 0 Å². The molecule has 0 saturated carbocycles. The molecule has 1 saturated heterocycles. The van der Waals surface area contributed by atoms with Gasteiger partial charge in [0.2, 0.25) is 21.8 Å². The number of alkyl halides is 3. The molecule has 0 radical (unpaired) electrons. The predicted octanol–water partition coefficient (Wildman–Crippen LogP) is 2.25. The molecule has 1 heterocycles. The number of hydrogen-bond donors (Lipinski definition) is 2. The topological polar surface area (TPSA) is 113 Å². The number of piperazine rings is 1. The van der Waals surface area contributed by atoms with E-state index in [1.165, 1.54) is 48.2 Å². The van der Waals surface area contributed by atoms with E-state index in [0.29, 0.717) is 11.3 Å². The molecule has 186 valence electrons. The Bertz CT molecular complexity index is 1130. The number of anilines is 1. The van der Waals surface area contributed by atoms with E-state index < -0.39 is 33.7 Å². The molecule has 1 atom stereocenters. The number of nitrogens with zero attached hydrogens (tertiary/aromatic N) is 2. The minimum Gasteiger partial charge on any atom is -0.399 e. The van der Waals surface area contributed by atoms with E-state index in [0.717, 1.165) is 16.4 Å². The lowest BCUT2D eigenvalue weighted by Gasteiger charge is -2.39. The highest BCUT2D eigenvalue weighted by molar-refractivity contribution is 7.89. The fourth-order valence-electron chi connectivity index (χ4n) is 3.45. The van der Waals surface area contributed by atoms with E-state index in [2.05, 4.69) is 5.32 Å². The number of benzene rings is 2. The van der Waals surface area contributed by atoms with Gasteiger partial charge in [-0.05, 0) is 42.0 Å². The molecular weight excluding hydrogens is 497 g/mol. The summed E-state index contributed by atoms with van der Waals surface area (Å²) in [6, 6.07) is 8.58. The van der Waals surface area contributed by atoms with Gasteiger partial charge in [-0.15, -0.1) is 12.4 Å². The highest BCUT2D eigenvalue weighted by Crippen LogP contribution is 2.29. The molecule has 13 heteroatoms. The summed E-state index contributed by atoms with van der Waals surface area (Å²) in [6.45, 7) is 1.09. The van der Waals surface area contributed by atoms with Crippen LogP contribution in [0.1, 0.15) is 18.1 Å². The van der Waals surface area contributed by atoms with Gasteiger partial charge in [0.15, 0.2) is 0 Å². The smallest absolute Gasteiger partial charge is 0.399 e. The third-order valence-corrected chi connectivity index (χ3v) is 7.24. The Morgan fingerprint density at radius 3 is 2.18 bits per heavy atom. The Morgan fingerprint density at radius 1 is 1.06 bits per heavy atom. The Balaban J connectivity index is 0.00000408. The van der Waals surface area contributed by atoms with E-state index in [-0.39, 0.29) is 49.4 Å². The summed E-state index contributed by atoms with van der Waals surface area (Å²) in [5.74, 6) is -0.972. The van der Waals surface area contributed by atoms with Gasteiger partial charge in [-0.2, -0.15) is 17.5 Å². The number of rotatable bonds is 5. The van der Waals surface area contributed by atoms with Crippen LogP contribution in [-0.4, -0.2) is 55.1 Å². The predicted molar refractivity (Wildman–Crippen MR) is 121 cm³/mol. The summed E-state index contributed by atoms with van der Waals surface area (Å²) in [4.78, 5) is 26.1. The molecule has 1 fully saturated rings. The second-order valence-corrected chi connectivity index (χ2v) is 9.47. The molecule has 1 aliphatic rings. The van der Waals surface area contributed by atoms with Crippen molar-refractivity contribution in [2.24, 2.45) is 0 Å². The van der Waals surface area contributed by atoms with Crippen molar-refractivity contribution in [3.8, 4) is 0 Å². The standard InChI is InChI=1S/C21H23F3N4O4S.ClH/c1-14(29)27-10-11-28(33(31,32)18-8-6-17(25)7-9-18)19(13-27)20(30)26-12-15-2-4-16(5-3-15)21(22,23)24;/h2-9,19H,10-13,25H2,1H3,(H,26,30);1H. The van der Waals surface area contributed by atoms with Crippen LogP contribution in [0.3, 0.4) is 0 Å². The highest BCUT2D eigenvalue weighted by Gasteiger charge is 2.40. The van der Waals surface area contributed by atoms with E-state index in [9.17, 15) is 31.2 Å². The number of hydrogen-bond acceptors (Lipinski definition) is 5. The summed E-state index contributed by atoms with van der Waals surface area (Å²) in [5, 5.41) is 2.56. The van der Waals surface area contributed by atoms with E-state index in [1.54, 1.807) is 0 Å². The lowest BCUT2D eigenvalue weighted by Crippen LogP contribution is -2.61. The number of nitrogen functional groups attached to an aromatic ring is 1. The van der Waals surface area contributed by atoms with E-state index in [1.807, 2.05) is 0 Å². The maximum Gasteiger partial charge on any atom is 0.416 e. The van der Waals surface area contributed by atoms with Crippen molar-refractivity contribution < 1.29 is 31.2 Å². The van der Waals surface area contributed by atoms with Gasteiger partial charge < -0.3 is 16.0 Å². The molecule has 0 bridgehead atoms. The van der Waals surface area contributed by atoms with Gasteiger partial charge in [-0.25, -0.2) is 8.42 Å². The first-order valence-electron chi connectivity index (χ1n) is 9.96. The minimum absolute atomic E-state index is 0. The second kappa shape index (κ2) is 10.6. The van der Waals surface area contributed by atoms with Crippen LogP contribution in [0.4, 0.5) is 18.9 Å². The Labute approximate surface area is 201 Å². The number of halogens is 4. The third kappa shape index (κ3) is 6.19. The first kappa shape index (κ1) is 27.4. The van der Waals surface area contributed by atoms with Crippen LogP contribution in [0.15, 0.2) is 53.4 Å². The van der Waals surface area contributed by atoms with Gasteiger partial charge in [-0.1, -0.05) is 12.1 Å². The molecule has 0 aliphatic carbocycles. The quantitative estimate of drug-likeness (QED) is 0.587. The number of carbonyl (C=O) groups is 2. The van der Waals surface area contributed by atoms with Crippen LogP contribution < -0.4 is 11.1 Å². The SMILES string of the molecule is CC(=O)N1CCN(S(=O)(=O)c2ccc(N)cc2)C(C(=O)NCc2ccc(C(F)(F)F)cc2)C1.Cl. The van der Waals surface area contributed by atoms with Crippen LogP contribution in [0.5, 0.6) is 0 Å². The molecular formula is C21H24ClF3N4O4S. The van der Waals surface area contributed by atoms with Crippen molar-refractivity contribution in [2.45, 2.75) is 30.6 Å². The van der Waals surface area contributed by atoms with Gasteiger partial charge in [0.05, 0.1) is 10.5 Å². The maximum absolute atomic E-state index is 13.2. The fourth-order valence-corrected chi connectivity index (χ4v) is 5.02. The summed E-state index contributed by atoms with van der Waals surface area (Å²) >= 11 is 0. The zero-order valence-electron chi connectivity index (χ0n) is 18.1. The first-order valence-corrected chi connectivity index (χ1v) is 11.4. The molecule has 1 aliphatic heterocycles. The van der Waals surface area contributed by atoms with Crippen molar-refractivity contribution in [1.82, 2.24) is 14.5 Å². The summed E-state index contributed by atoms with van der Waals surface area (Å²) in [6.07, 6.45) is -4.48. The maximum atomic E-state index is 13.2. The molecule has 34 heavy (non-hydrogen) atoms. The molecule has 1 unspecified atom stereocenters. The lowest BCUT2D eigenvalue weighted by atomic mass is 10.1. The molecule has 0 spiro atoms. The number of carbonyl (C=O) groups excluding carboxylic acids is 2. The minimum atomic E-state index is -4.48. The summed E-state index contributed by atoms with van der Waals surface area (Å²) in [5.41, 5.74) is 5.59. The zero-order chi connectivity index (χ0) is 24.4. The van der Waals surface area contributed by atoms with Gasteiger partial charge in [0.25, 0.3) is 0 Å². The number of nitrogens with two attached hydrogens (primary N) is 1. The number of amides is 2. The zero-order valence-corrected chi connectivity index (χ0v) is 19.7. The van der Waals surface area contributed by atoms with Gasteiger partial charge in [0.1, 0.15) is 6.04 Å². The van der Waals surface area contributed by atoms with E-state index >= 15 is 0 Å². The summed E-state index contributed by atoms with van der Waals surface area (Å²) < 4.78 is 65.6. The van der Waals surface area contributed by atoms with Gasteiger partial charge in [-0.3, -0.25) is 9.59 Å². The third-order valence-electron chi connectivity index (χ3n) is 5.31. The van der Waals surface area contributed by atoms with Gasteiger partial charge >= 0.3 is 6.18 Å². The molecule has 2 aromatic rings. The van der Waals surface area contributed by atoms with Crippen LogP contribution in [0.2, 0.25) is 0 Å². The monoisotopic (exact) mass is 520 g/mol. The Hall–Kier alpha value is -2.83. The molecule has 8 nitrogen and oxygen atoms in total. The van der Waals surface area contributed by atoms with Crippen molar-refractivity contribution >= 4 is 39.9 Å². The largest absolute Gasteiger partial charge is 0.416 e. The molecule has 2 aromatic carbocycles. The molecule has 3 rings (SSSR count). The molecule has 2 amide bonds. The average Bonchev–Trinajstić information content (AvgIpc) is 2.77. The van der Waals surface area contributed by atoms with Crippen LogP contribution in [-0.2, 0) is 32.3 Å². The molecule has 3 N–H and O–H groups in total. The summed E-state index contributed by atoms with van der Waals surface area (Å²) in [7, 11) is -4.07. The lowest BCUT2D eigenvalue weighted by molar-refractivity contribution is -0.138. The van der Waals surface area contributed by atoms with Crippen molar-refractivity contribution in [2.75, 3.05) is 25.4 Å². The van der Waals surface area contributed by atoms with Crippen LogP contribution in [0.25, 0.3) is 0 Å². The first-order chi connectivity index (χ1) is 15.4. The molecule has 0 aromatic heterocycles. The number of nitrogens with one attached hydrogen (secondary N) is 1. The van der Waals surface area contributed by atoms with E-state index in [4.69, 9.17) is 5.73 Å². The Kier molecular flexibility index (Phi) is 8.56. The van der Waals surface area contributed by atoms with Gasteiger partial charge in [0, 0.05) is 38.8 Å². The fraction of sp³-hybridized carbons (Fsp3) is 0.333. The van der Waals surface area contributed by atoms with Crippen molar-refractivity contribution in [1.29, 1.82) is 0 Å². The van der Waals surface area contributed by atoms with Crippen LogP contribution in [0, 0.1) is 0 Å². The Morgan fingerprint density at radius 2 is 1.65 bits per heavy atom. The second-order valence-electron chi connectivity index (χ2n) is 7.58. The average molecular weight is 521 g/mol. The highest BCUT2D eigenvalue weighted by atomic mass is 35.5. The van der Waals surface area contributed by atoms with Crippen molar-refractivity contribution in [3.05, 3.63) is 59.7 Å². The number of sulfonamides is 1. The van der Waals surface area contributed by atoms with Crippen LogP contribution >= 0.6 is 12.4 Å². The normalized spacial score (nSPS) is 17.1.